The van der Waals surface area contributed by atoms with Gasteiger partial charge in [0.05, 0.1) is 29.0 Å². The second-order valence-corrected chi connectivity index (χ2v) is 9.40. The van der Waals surface area contributed by atoms with Crippen LogP contribution >= 0.6 is 11.6 Å². The van der Waals surface area contributed by atoms with Crippen LogP contribution < -0.4 is 4.90 Å². The lowest BCUT2D eigenvalue weighted by atomic mass is 9.84. The molecule has 2 aromatic heterocycles. The Morgan fingerprint density at radius 2 is 2.00 bits per heavy atom. The molecule has 2 unspecified atom stereocenters. The van der Waals surface area contributed by atoms with Crippen molar-refractivity contribution in [2.45, 2.75) is 47.2 Å². The molecule has 1 fully saturated rings. The predicted molar refractivity (Wildman–Crippen MR) is 137 cm³/mol. The third-order valence-corrected chi connectivity index (χ3v) is 7.18. The van der Waals surface area contributed by atoms with Crippen LogP contribution in [0.5, 0.6) is 0 Å². The molecule has 1 aromatic carbocycles. The minimum Gasteiger partial charge on any atom is -0.370 e. The van der Waals surface area contributed by atoms with Crippen LogP contribution in [0.1, 0.15) is 44.1 Å². The maximum Gasteiger partial charge on any atom is 0.226 e. The number of hydrogen-bond acceptors (Lipinski definition) is 4. The third-order valence-electron chi connectivity index (χ3n) is 6.95. The Kier molecular flexibility index (Phi) is 7.13. The molecule has 6 nitrogen and oxygen atoms in total. The molecule has 0 aliphatic carbocycles. The van der Waals surface area contributed by atoms with E-state index in [-0.39, 0.29) is 17.7 Å². The summed E-state index contributed by atoms with van der Waals surface area (Å²) in [6.45, 7) is 11.8. The van der Waals surface area contributed by atoms with E-state index < -0.39 is 0 Å². The normalized spacial score (nSPS) is 19.8. The highest BCUT2D eigenvalue weighted by atomic mass is 35.5. The van der Waals surface area contributed by atoms with Crippen molar-refractivity contribution in [1.29, 1.82) is 5.26 Å². The average molecular weight is 478 g/mol. The molecule has 178 valence electrons. The van der Waals surface area contributed by atoms with Crippen molar-refractivity contribution in [3.8, 4) is 6.07 Å². The molecular formula is C27H32ClN5O. The van der Waals surface area contributed by atoms with E-state index in [0.29, 0.717) is 17.1 Å². The minimum absolute atomic E-state index is 0.00363. The summed E-state index contributed by atoms with van der Waals surface area (Å²) in [6, 6.07) is 12.1. The van der Waals surface area contributed by atoms with Crippen molar-refractivity contribution in [3.63, 3.8) is 0 Å². The molecule has 0 bridgehead atoms. The number of piperidine rings is 1. The molecule has 1 amide bonds. The zero-order valence-electron chi connectivity index (χ0n) is 20.4. The first-order valence-corrected chi connectivity index (χ1v) is 12.5. The van der Waals surface area contributed by atoms with Gasteiger partial charge < -0.3 is 14.4 Å². The fraction of sp³-hybridized carbons (Fsp3) is 0.444. The van der Waals surface area contributed by atoms with Crippen LogP contribution in [0.2, 0.25) is 5.02 Å². The largest absolute Gasteiger partial charge is 0.370 e. The Labute approximate surface area is 206 Å². The van der Waals surface area contributed by atoms with Gasteiger partial charge in [0.2, 0.25) is 5.91 Å². The number of fused-ring (bicyclic) bond motifs is 2. The van der Waals surface area contributed by atoms with E-state index in [1.807, 2.05) is 49.9 Å². The molecule has 0 saturated carbocycles. The van der Waals surface area contributed by atoms with Crippen LogP contribution in [0.3, 0.4) is 0 Å². The number of anilines is 1. The molecule has 0 spiro atoms. The van der Waals surface area contributed by atoms with Gasteiger partial charge in [-0.2, -0.15) is 5.26 Å². The third kappa shape index (κ3) is 4.37. The van der Waals surface area contributed by atoms with Gasteiger partial charge in [-0.25, -0.2) is 0 Å². The molecule has 2 atom stereocenters. The summed E-state index contributed by atoms with van der Waals surface area (Å²) in [7, 11) is 0. The summed E-state index contributed by atoms with van der Waals surface area (Å²) in [5, 5.41) is 11.4. The lowest BCUT2D eigenvalue weighted by Crippen LogP contribution is -2.48. The number of nitriles is 1. The lowest BCUT2D eigenvalue weighted by Gasteiger charge is -2.41. The van der Waals surface area contributed by atoms with Crippen molar-refractivity contribution in [2.75, 3.05) is 24.5 Å². The Hall–Kier alpha value is -3.04. The maximum absolute atomic E-state index is 13.4. The SMILES string of the molecule is CC.Cc1nc2ccc(Cl)cc2c(N2CCC(C(=O)N3CCn4cccc4C3)C(C)C2)c1C#N. The fourth-order valence-corrected chi connectivity index (χ4v) is 5.42. The first-order chi connectivity index (χ1) is 16.5. The molecule has 3 aromatic rings. The molecule has 34 heavy (non-hydrogen) atoms. The molecule has 7 heteroatoms. The molecule has 2 aliphatic heterocycles. The van der Waals surface area contributed by atoms with Crippen LogP contribution in [0.4, 0.5) is 5.69 Å². The first-order valence-electron chi connectivity index (χ1n) is 12.1. The molecule has 0 radical (unpaired) electrons. The van der Waals surface area contributed by atoms with E-state index in [1.54, 1.807) is 0 Å². The summed E-state index contributed by atoms with van der Waals surface area (Å²) >= 11 is 6.29. The van der Waals surface area contributed by atoms with Gasteiger partial charge in [-0.05, 0) is 49.6 Å². The van der Waals surface area contributed by atoms with E-state index in [1.165, 1.54) is 5.69 Å². The van der Waals surface area contributed by atoms with Gasteiger partial charge in [0.25, 0.3) is 0 Å². The quantitative estimate of drug-likeness (QED) is 0.495. The number of pyridine rings is 1. The van der Waals surface area contributed by atoms with Crippen LogP contribution in [-0.2, 0) is 17.9 Å². The highest BCUT2D eigenvalue weighted by Crippen LogP contribution is 2.37. The topological polar surface area (TPSA) is 65.2 Å². The summed E-state index contributed by atoms with van der Waals surface area (Å²) in [5.41, 5.74) is 4.24. The molecule has 1 saturated heterocycles. The number of aryl methyl sites for hydroxylation is 1. The van der Waals surface area contributed by atoms with Crippen molar-refractivity contribution in [2.24, 2.45) is 11.8 Å². The van der Waals surface area contributed by atoms with Gasteiger partial charge >= 0.3 is 0 Å². The number of amides is 1. The van der Waals surface area contributed by atoms with Crippen LogP contribution in [0, 0.1) is 30.1 Å². The number of hydrogen-bond donors (Lipinski definition) is 0. The van der Waals surface area contributed by atoms with Crippen molar-refractivity contribution in [1.82, 2.24) is 14.5 Å². The predicted octanol–water partition coefficient (Wildman–Crippen LogP) is 5.40. The van der Waals surface area contributed by atoms with Crippen molar-refractivity contribution < 1.29 is 4.79 Å². The van der Waals surface area contributed by atoms with Crippen LogP contribution in [0.15, 0.2) is 36.5 Å². The van der Waals surface area contributed by atoms with Crippen LogP contribution in [-0.4, -0.2) is 40.0 Å². The Balaban J connectivity index is 0.00000133. The Morgan fingerprint density at radius 1 is 1.21 bits per heavy atom. The van der Waals surface area contributed by atoms with Crippen LogP contribution in [0.25, 0.3) is 10.9 Å². The number of rotatable bonds is 2. The van der Waals surface area contributed by atoms with Gasteiger partial charge in [-0.15, -0.1) is 0 Å². The number of carbonyl (C=O) groups excluding carboxylic acids is 1. The summed E-state index contributed by atoms with van der Waals surface area (Å²) < 4.78 is 2.22. The van der Waals surface area contributed by atoms with Crippen molar-refractivity contribution in [3.05, 3.63) is 58.5 Å². The molecule has 4 heterocycles. The number of nitrogens with zero attached hydrogens (tertiary/aromatic N) is 5. The van der Waals surface area contributed by atoms with E-state index in [2.05, 4.69) is 39.7 Å². The highest BCUT2D eigenvalue weighted by Gasteiger charge is 2.36. The summed E-state index contributed by atoms with van der Waals surface area (Å²) in [5.74, 6) is 0.430. The van der Waals surface area contributed by atoms with E-state index >= 15 is 0 Å². The van der Waals surface area contributed by atoms with Gasteiger partial charge in [0, 0.05) is 54.4 Å². The smallest absolute Gasteiger partial charge is 0.226 e. The van der Waals surface area contributed by atoms with Gasteiger partial charge in [-0.3, -0.25) is 9.78 Å². The summed E-state index contributed by atoms with van der Waals surface area (Å²) in [4.78, 5) is 22.3. The number of carbonyl (C=O) groups is 1. The monoisotopic (exact) mass is 477 g/mol. The standard InChI is InChI=1S/C25H26ClN5O.C2H6/c1-16-14-30(24-21-12-18(26)5-6-23(21)28-17(2)22(24)13-27)9-7-20(16)25(32)31-11-10-29-8-3-4-19(29)15-31;1-2/h3-6,8,12,16,20H,7,9-11,14-15H2,1-2H3;1-2H3. The fourth-order valence-electron chi connectivity index (χ4n) is 5.25. The Morgan fingerprint density at radius 3 is 2.74 bits per heavy atom. The zero-order chi connectivity index (χ0) is 24.4. The summed E-state index contributed by atoms with van der Waals surface area (Å²) in [6.07, 6.45) is 2.85. The second-order valence-electron chi connectivity index (χ2n) is 8.97. The highest BCUT2D eigenvalue weighted by molar-refractivity contribution is 6.31. The maximum atomic E-state index is 13.4. The zero-order valence-corrected chi connectivity index (χ0v) is 21.1. The second kappa shape index (κ2) is 10.1. The number of halogens is 1. The van der Waals surface area contributed by atoms with Gasteiger partial charge in [0.1, 0.15) is 6.07 Å². The number of benzene rings is 1. The first kappa shape index (κ1) is 24.1. The molecule has 5 rings (SSSR count). The molecule has 0 N–H and O–H groups in total. The van der Waals surface area contributed by atoms with E-state index in [4.69, 9.17) is 11.6 Å². The van der Waals surface area contributed by atoms with Gasteiger partial charge in [-0.1, -0.05) is 32.4 Å². The molecule has 2 aliphatic rings. The Bertz CT molecular complexity index is 1240. The minimum atomic E-state index is -0.00363. The molecular weight excluding hydrogens is 446 g/mol. The average Bonchev–Trinajstić information content (AvgIpc) is 3.32. The van der Waals surface area contributed by atoms with E-state index in [9.17, 15) is 10.1 Å². The van der Waals surface area contributed by atoms with Crippen molar-refractivity contribution >= 4 is 34.1 Å². The van der Waals surface area contributed by atoms with E-state index in [0.717, 1.165) is 54.9 Å². The number of aromatic nitrogens is 2. The lowest BCUT2D eigenvalue weighted by molar-refractivity contribution is -0.139. The van der Waals surface area contributed by atoms with Gasteiger partial charge in [0.15, 0.2) is 0 Å².